The van der Waals surface area contributed by atoms with E-state index in [4.69, 9.17) is 13.9 Å². The Morgan fingerprint density at radius 2 is 2.00 bits per heavy atom. The third kappa shape index (κ3) is 3.66. The van der Waals surface area contributed by atoms with Crippen LogP contribution in [-0.2, 0) is 16.0 Å². The van der Waals surface area contributed by atoms with E-state index in [9.17, 15) is 19.1 Å². The Labute approximate surface area is 147 Å². The first-order chi connectivity index (χ1) is 12.5. The van der Waals surface area contributed by atoms with Crippen LogP contribution < -0.4 is 4.74 Å². The number of ether oxygens (including phenoxy) is 2. The van der Waals surface area contributed by atoms with Crippen LogP contribution in [-0.4, -0.2) is 30.6 Å². The van der Waals surface area contributed by atoms with Crippen molar-refractivity contribution < 1.29 is 33.0 Å². The highest BCUT2D eigenvalue weighted by molar-refractivity contribution is 6.00. The van der Waals surface area contributed by atoms with Crippen LogP contribution in [0.25, 0.3) is 11.0 Å². The maximum atomic E-state index is 13.3. The molecule has 0 aliphatic carbocycles. The highest BCUT2D eigenvalue weighted by atomic mass is 19.1. The van der Waals surface area contributed by atoms with Gasteiger partial charge in [0.2, 0.25) is 5.78 Å². The minimum atomic E-state index is -0.635. The van der Waals surface area contributed by atoms with Gasteiger partial charge in [0.25, 0.3) is 0 Å². The quantitative estimate of drug-likeness (QED) is 0.538. The third-order valence-electron chi connectivity index (χ3n) is 3.80. The molecule has 0 radical (unpaired) electrons. The second-order valence-electron chi connectivity index (χ2n) is 5.55. The fraction of sp³-hybridized carbons (Fsp3) is 0.158. The number of carbonyl (C=O) groups is 2. The number of Topliss-reactive ketones (excluding diaryl/α,β-unsaturated/α-hetero) is 1. The predicted molar refractivity (Wildman–Crippen MR) is 89.8 cm³/mol. The molecule has 6 nitrogen and oxygen atoms in total. The molecule has 0 saturated carbocycles. The summed E-state index contributed by atoms with van der Waals surface area (Å²) in [5.41, 5.74) is 1.01. The zero-order chi connectivity index (χ0) is 18.7. The van der Waals surface area contributed by atoms with Crippen LogP contribution in [0.2, 0.25) is 0 Å². The molecule has 26 heavy (non-hydrogen) atoms. The standard InChI is InChI=1S/C19H15FO6/c1-24-17-5-2-12(20)7-15(17)16(22)10-26-19(23)6-11-9-25-18-8-13(21)3-4-14(11)18/h2-5,7-9,21H,6,10H2,1H3. The van der Waals surface area contributed by atoms with Crippen molar-refractivity contribution in [2.24, 2.45) is 0 Å². The van der Waals surface area contributed by atoms with E-state index in [1.165, 1.54) is 37.6 Å². The number of halogens is 1. The van der Waals surface area contributed by atoms with Crippen LogP contribution in [0, 0.1) is 5.82 Å². The zero-order valence-corrected chi connectivity index (χ0v) is 13.8. The normalized spacial score (nSPS) is 10.7. The molecule has 1 N–H and O–H groups in total. The van der Waals surface area contributed by atoms with Crippen molar-refractivity contribution in [3.8, 4) is 11.5 Å². The molecule has 1 aromatic heterocycles. The number of carbonyl (C=O) groups excluding carboxylic acids is 2. The molecule has 0 saturated heterocycles. The topological polar surface area (TPSA) is 86.0 Å². The van der Waals surface area contributed by atoms with E-state index in [0.717, 1.165) is 6.07 Å². The highest BCUT2D eigenvalue weighted by Gasteiger charge is 2.17. The van der Waals surface area contributed by atoms with Crippen molar-refractivity contribution in [1.82, 2.24) is 0 Å². The maximum Gasteiger partial charge on any atom is 0.310 e. The molecule has 0 amide bonds. The maximum absolute atomic E-state index is 13.3. The molecule has 2 aromatic carbocycles. The summed E-state index contributed by atoms with van der Waals surface area (Å²) in [5, 5.41) is 10.1. The average Bonchev–Trinajstić information content (AvgIpc) is 3.01. The number of hydrogen-bond acceptors (Lipinski definition) is 6. The average molecular weight is 358 g/mol. The number of hydrogen-bond donors (Lipinski definition) is 1. The Morgan fingerprint density at radius 3 is 2.77 bits per heavy atom. The number of esters is 1. The Kier molecular flexibility index (Phi) is 4.88. The van der Waals surface area contributed by atoms with Gasteiger partial charge in [0, 0.05) is 17.0 Å². The van der Waals surface area contributed by atoms with E-state index in [1.54, 1.807) is 6.07 Å². The SMILES string of the molecule is COc1ccc(F)cc1C(=O)COC(=O)Cc1coc2cc(O)ccc12. The van der Waals surface area contributed by atoms with E-state index in [0.29, 0.717) is 16.5 Å². The van der Waals surface area contributed by atoms with E-state index in [2.05, 4.69) is 0 Å². The van der Waals surface area contributed by atoms with Gasteiger partial charge in [0.1, 0.15) is 22.9 Å². The van der Waals surface area contributed by atoms with Crippen LogP contribution in [0.4, 0.5) is 4.39 Å². The molecule has 1 heterocycles. The molecule has 0 bridgehead atoms. The minimum absolute atomic E-state index is 0.00420. The number of phenols is 1. The molecule has 0 aliphatic rings. The summed E-state index contributed by atoms with van der Waals surface area (Å²) >= 11 is 0. The molecule has 7 heteroatoms. The zero-order valence-electron chi connectivity index (χ0n) is 13.8. The van der Waals surface area contributed by atoms with Gasteiger partial charge in [-0.3, -0.25) is 9.59 Å². The van der Waals surface area contributed by atoms with Crippen LogP contribution >= 0.6 is 0 Å². The van der Waals surface area contributed by atoms with Gasteiger partial charge in [-0.1, -0.05) is 0 Å². The van der Waals surface area contributed by atoms with Crippen molar-refractivity contribution in [2.75, 3.05) is 13.7 Å². The third-order valence-corrected chi connectivity index (χ3v) is 3.80. The first-order valence-corrected chi connectivity index (χ1v) is 7.69. The smallest absolute Gasteiger partial charge is 0.310 e. The van der Waals surface area contributed by atoms with Crippen LogP contribution in [0.3, 0.4) is 0 Å². The van der Waals surface area contributed by atoms with E-state index in [-0.39, 0.29) is 23.5 Å². The summed E-state index contributed by atoms with van der Waals surface area (Å²) in [6.07, 6.45) is 1.29. The molecule has 134 valence electrons. The number of rotatable bonds is 6. The number of fused-ring (bicyclic) bond motifs is 1. The van der Waals surface area contributed by atoms with Gasteiger partial charge in [-0.15, -0.1) is 0 Å². The van der Waals surface area contributed by atoms with Gasteiger partial charge >= 0.3 is 5.97 Å². The summed E-state index contributed by atoms with van der Waals surface area (Å²) in [4.78, 5) is 24.2. The van der Waals surface area contributed by atoms with Gasteiger partial charge in [-0.2, -0.15) is 0 Å². The lowest BCUT2D eigenvalue weighted by Crippen LogP contribution is -2.16. The predicted octanol–water partition coefficient (Wildman–Crippen LogP) is 3.25. The number of ketones is 1. The van der Waals surface area contributed by atoms with Crippen LogP contribution in [0.1, 0.15) is 15.9 Å². The Morgan fingerprint density at radius 1 is 1.19 bits per heavy atom. The highest BCUT2D eigenvalue weighted by Crippen LogP contribution is 2.25. The largest absolute Gasteiger partial charge is 0.508 e. The summed E-state index contributed by atoms with van der Waals surface area (Å²) in [7, 11) is 1.36. The molecular weight excluding hydrogens is 343 g/mol. The first kappa shape index (κ1) is 17.5. The Balaban J connectivity index is 1.65. The van der Waals surface area contributed by atoms with Crippen LogP contribution in [0.15, 0.2) is 47.1 Å². The fourth-order valence-corrected chi connectivity index (χ4v) is 2.54. The summed E-state index contributed by atoms with van der Waals surface area (Å²) in [6, 6.07) is 8.07. The van der Waals surface area contributed by atoms with Gasteiger partial charge in [-0.05, 0) is 30.3 Å². The fourth-order valence-electron chi connectivity index (χ4n) is 2.54. The van der Waals surface area contributed by atoms with Crippen molar-refractivity contribution in [3.05, 3.63) is 59.6 Å². The summed E-state index contributed by atoms with van der Waals surface area (Å²) in [6.45, 7) is -0.533. The number of aromatic hydroxyl groups is 1. The van der Waals surface area contributed by atoms with Crippen molar-refractivity contribution in [1.29, 1.82) is 0 Å². The van der Waals surface area contributed by atoms with Gasteiger partial charge in [0.05, 0.1) is 25.4 Å². The van der Waals surface area contributed by atoms with Crippen molar-refractivity contribution in [3.63, 3.8) is 0 Å². The number of methoxy groups -OCH3 is 1. The van der Waals surface area contributed by atoms with Gasteiger partial charge in [0.15, 0.2) is 6.61 Å². The molecule has 0 aliphatic heterocycles. The minimum Gasteiger partial charge on any atom is -0.508 e. The Bertz CT molecular complexity index is 975. The monoisotopic (exact) mass is 358 g/mol. The lowest BCUT2D eigenvalue weighted by atomic mass is 10.1. The first-order valence-electron chi connectivity index (χ1n) is 7.69. The number of phenolic OH excluding ortho intramolecular Hbond substituents is 1. The number of furan rings is 1. The lowest BCUT2D eigenvalue weighted by molar-refractivity contribution is -0.141. The number of benzene rings is 2. The van der Waals surface area contributed by atoms with E-state index >= 15 is 0 Å². The molecule has 0 atom stereocenters. The van der Waals surface area contributed by atoms with Crippen molar-refractivity contribution in [2.45, 2.75) is 6.42 Å². The second kappa shape index (κ2) is 7.26. The molecule has 0 unspecified atom stereocenters. The Hall–Kier alpha value is -3.35. The van der Waals surface area contributed by atoms with E-state index in [1.807, 2.05) is 0 Å². The molecule has 0 fully saturated rings. The van der Waals surface area contributed by atoms with E-state index < -0.39 is 24.2 Å². The summed E-state index contributed by atoms with van der Waals surface area (Å²) in [5.74, 6) is -1.54. The molecule has 3 rings (SSSR count). The molecule has 3 aromatic rings. The van der Waals surface area contributed by atoms with Gasteiger partial charge in [-0.25, -0.2) is 4.39 Å². The lowest BCUT2D eigenvalue weighted by Gasteiger charge is -2.08. The van der Waals surface area contributed by atoms with Crippen molar-refractivity contribution >= 4 is 22.7 Å². The summed E-state index contributed by atoms with van der Waals surface area (Å²) < 4.78 is 28.6. The molecule has 0 spiro atoms. The second-order valence-corrected chi connectivity index (χ2v) is 5.55. The van der Waals surface area contributed by atoms with Crippen LogP contribution in [0.5, 0.6) is 11.5 Å². The van der Waals surface area contributed by atoms with Gasteiger partial charge < -0.3 is 19.0 Å². The molecular formula is C19H15FO6.